The van der Waals surface area contributed by atoms with Crippen molar-refractivity contribution in [3.63, 3.8) is 0 Å². The van der Waals surface area contributed by atoms with Gasteiger partial charge in [0.15, 0.2) is 0 Å². The van der Waals surface area contributed by atoms with Crippen LogP contribution in [0.1, 0.15) is 33.1 Å². The highest BCUT2D eigenvalue weighted by Gasteiger charge is 2.23. The highest BCUT2D eigenvalue weighted by Crippen LogP contribution is 2.15. The van der Waals surface area contributed by atoms with E-state index in [0.717, 1.165) is 17.5 Å². The van der Waals surface area contributed by atoms with Gasteiger partial charge in [0.05, 0.1) is 17.4 Å². The lowest BCUT2D eigenvalue weighted by molar-refractivity contribution is -0.123. The van der Waals surface area contributed by atoms with Crippen LogP contribution in [0, 0.1) is 0 Å². The number of nitrogens with zero attached hydrogens (tertiary/aromatic N) is 2. The Morgan fingerprint density at radius 3 is 2.90 bits per heavy atom. The summed E-state index contributed by atoms with van der Waals surface area (Å²) in [4.78, 5) is 16.4. The molecule has 2 N–H and O–H groups in total. The molecule has 2 aromatic rings. The summed E-state index contributed by atoms with van der Waals surface area (Å²) < 4.78 is 1.99. The number of aromatic nitrogens is 2. The molecule has 2 rings (SSSR count). The summed E-state index contributed by atoms with van der Waals surface area (Å²) in [6.45, 7) is 4.66. The number of rotatable bonds is 7. The number of aliphatic hydroxyl groups is 1. The molecule has 0 saturated heterocycles. The zero-order valence-electron chi connectivity index (χ0n) is 12.7. The molecule has 0 aliphatic heterocycles. The summed E-state index contributed by atoms with van der Waals surface area (Å²) in [6.07, 6.45) is 3.54. The number of aryl methyl sites for hydroxylation is 1. The summed E-state index contributed by atoms with van der Waals surface area (Å²) in [6, 6.07) is 7.88. The van der Waals surface area contributed by atoms with Crippen molar-refractivity contribution in [1.29, 1.82) is 0 Å². The molecule has 5 nitrogen and oxygen atoms in total. The summed E-state index contributed by atoms with van der Waals surface area (Å²) in [7, 11) is 0. The summed E-state index contributed by atoms with van der Waals surface area (Å²) in [5.41, 5.74) is 1.65. The third-order valence-corrected chi connectivity index (χ3v) is 3.99. The van der Waals surface area contributed by atoms with Crippen LogP contribution in [0.15, 0.2) is 30.6 Å². The lowest BCUT2D eigenvalue weighted by Gasteiger charge is -2.29. The fourth-order valence-electron chi connectivity index (χ4n) is 2.38. The molecule has 0 spiro atoms. The molecule has 5 heteroatoms. The van der Waals surface area contributed by atoms with Gasteiger partial charge in [0.2, 0.25) is 5.91 Å². The fourth-order valence-corrected chi connectivity index (χ4v) is 2.38. The average Bonchev–Trinajstić information content (AvgIpc) is 2.88. The molecule has 21 heavy (non-hydrogen) atoms. The van der Waals surface area contributed by atoms with Crippen molar-refractivity contribution in [3.8, 4) is 0 Å². The SMILES string of the molecule is CCC(C)(CCO)NC(=O)CCn1cnc2ccccc21. The van der Waals surface area contributed by atoms with Gasteiger partial charge in [0.1, 0.15) is 0 Å². The predicted octanol–water partition coefficient (Wildman–Crippen LogP) is 2.09. The molecule has 1 amide bonds. The molecule has 1 atom stereocenters. The second-order valence-electron chi connectivity index (χ2n) is 5.61. The van der Waals surface area contributed by atoms with Gasteiger partial charge in [0, 0.05) is 25.1 Å². The lowest BCUT2D eigenvalue weighted by Crippen LogP contribution is -2.46. The maximum absolute atomic E-state index is 12.1. The Morgan fingerprint density at radius 2 is 2.19 bits per heavy atom. The molecule has 1 heterocycles. The van der Waals surface area contributed by atoms with E-state index in [1.165, 1.54) is 0 Å². The minimum Gasteiger partial charge on any atom is -0.396 e. The first-order valence-electron chi connectivity index (χ1n) is 7.40. The number of aliphatic hydroxyl groups excluding tert-OH is 1. The van der Waals surface area contributed by atoms with E-state index in [1.54, 1.807) is 6.33 Å². The zero-order chi connectivity index (χ0) is 15.3. The van der Waals surface area contributed by atoms with E-state index in [1.807, 2.05) is 42.7 Å². The molecule has 0 aliphatic rings. The van der Waals surface area contributed by atoms with Crippen LogP contribution in [0.3, 0.4) is 0 Å². The summed E-state index contributed by atoms with van der Waals surface area (Å²) >= 11 is 0. The first-order valence-corrected chi connectivity index (χ1v) is 7.40. The van der Waals surface area contributed by atoms with Crippen molar-refractivity contribution in [2.24, 2.45) is 0 Å². The molecule has 0 radical (unpaired) electrons. The van der Waals surface area contributed by atoms with E-state index in [0.29, 0.717) is 19.4 Å². The van der Waals surface area contributed by atoms with Gasteiger partial charge >= 0.3 is 0 Å². The van der Waals surface area contributed by atoms with Gasteiger partial charge in [-0.05, 0) is 31.9 Å². The Labute approximate surface area is 125 Å². The standard InChI is InChI=1S/C16H23N3O2/c1-3-16(2,9-11-20)18-15(21)8-10-19-12-17-13-6-4-5-7-14(13)19/h4-7,12,20H,3,8-11H2,1-2H3,(H,18,21). The van der Waals surface area contributed by atoms with Gasteiger partial charge < -0.3 is 15.0 Å². The van der Waals surface area contributed by atoms with Crippen LogP contribution in [-0.4, -0.2) is 32.7 Å². The van der Waals surface area contributed by atoms with Gasteiger partial charge in [0.25, 0.3) is 0 Å². The second kappa shape index (κ2) is 6.72. The van der Waals surface area contributed by atoms with Gasteiger partial charge in [-0.25, -0.2) is 4.98 Å². The van der Waals surface area contributed by atoms with Gasteiger partial charge in [-0.3, -0.25) is 4.79 Å². The van der Waals surface area contributed by atoms with Crippen molar-refractivity contribution in [2.45, 2.75) is 45.2 Å². The first kappa shape index (κ1) is 15.5. The van der Waals surface area contributed by atoms with Crippen molar-refractivity contribution in [2.75, 3.05) is 6.61 Å². The zero-order valence-corrected chi connectivity index (χ0v) is 12.7. The van der Waals surface area contributed by atoms with Crippen LogP contribution >= 0.6 is 0 Å². The molecule has 114 valence electrons. The number of nitrogens with one attached hydrogen (secondary N) is 1. The smallest absolute Gasteiger partial charge is 0.222 e. The average molecular weight is 289 g/mol. The number of fused-ring (bicyclic) bond motifs is 1. The van der Waals surface area contributed by atoms with Crippen LogP contribution in [0.25, 0.3) is 11.0 Å². The monoisotopic (exact) mass is 289 g/mol. The molecule has 1 unspecified atom stereocenters. The van der Waals surface area contributed by atoms with Crippen molar-refractivity contribution in [1.82, 2.24) is 14.9 Å². The maximum atomic E-state index is 12.1. The molecule has 0 fully saturated rings. The number of imidazole rings is 1. The molecule has 0 aliphatic carbocycles. The highest BCUT2D eigenvalue weighted by molar-refractivity contribution is 5.78. The number of carbonyl (C=O) groups is 1. The van der Waals surface area contributed by atoms with E-state index >= 15 is 0 Å². The summed E-state index contributed by atoms with van der Waals surface area (Å²) in [5, 5.41) is 12.1. The second-order valence-corrected chi connectivity index (χ2v) is 5.61. The van der Waals surface area contributed by atoms with Crippen molar-refractivity contribution in [3.05, 3.63) is 30.6 Å². The summed E-state index contributed by atoms with van der Waals surface area (Å²) in [5.74, 6) is 0.00517. The van der Waals surface area contributed by atoms with E-state index < -0.39 is 0 Å². The number of hydrogen-bond acceptors (Lipinski definition) is 3. The number of benzene rings is 1. The van der Waals surface area contributed by atoms with E-state index in [4.69, 9.17) is 5.11 Å². The maximum Gasteiger partial charge on any atom is 0.222 e. The predicted molar refractivity (Wildman–Crippen MR) is 82.9 cm³/mol. The lowest BCUT2D eigenvalue weighted by atomic mass is 9.95. The van der Waals surface area contributed by atoms with Gasteiger partial charge in [-0.1, -0.05) is 19.1 Å². The Bertz CT molecular complexity index is 608. The van der Waals surface area contributed by atoms with Crippen LogP contribution < -0.4 is 5.32 Å². The molecule has 0 saturated carbocycles. The van der Waals surface area contributed by atoms with Crippen LogP contribution in [0.5, 0.6) is 0 Å². The third kappa shape index (κ3) is 3.82. The van der Waals surface area contributed by atoms with E-state index in [9.17, 15) is 4.79 Å². The third-order valence-electron chi connectivity index (χ3n) is 3.99. The number of hydrogen-bond donors (Lipinski definition) is 2. The van der Waals surface area contributed by atoms with Crippen LogP contribution in [-0.2, 0) is 11.3 Å². The quantitative estimate of drug-likeness (QED) is 0.820. The molecule has 1 aromatic heterocycles. The fraction of sp³-hybridized carbons (Fsp3) is 0.500. The Hall–Kier alpha value is -1.88. The van der Waals surface area contributed by atoms with Crippen LogP contribution in [0.2, 0.25) is 0 Å². The van der Waals surface area contributed by atoms with Crippen molar-refractivity contribution >= 4 is 16.9 Å². The molecular weight excluding hydrogens is 266 g/mol. The molecule has 1 aromatic carbocycles. The highest BCUT2D eigenvalue weighted by atomic mass is 16.3. The normalized spacial score (nSPS) is 14.0. The van der Waals surface area contributed by atoms with Gasteiger partial charge in [-0.15, -0.1) is 0 Å². The minimum absolute atomic E-state index is 0.00517. The van der Waals surface area contributed by atoms with Crippen molar-refractivity contribution < 1.29 is 9.90 Å². The van der Waals surface area contributed by atoms with E-state index in [2.05, 4.69) is 10.3 Å². The number of carbonyl (C=O) groups excluding carboxylic acids is 1. The van der Waals surface area contributed by atoms with Gasteiger partial charge in [-0.2, -0.15) is 0 Å². The number of para-hydroxylation sites is 2. The largest absolute Gasteiger partial charge is 0.396 e. The number of amides is 1. The molecule has 0 bridgehead atoms. The Kier molecular flexibility index (Phi) is 4.96. The topological polar surface area (TPSA) is 67.2 Å². The Morgan fingerprint density at radius 1 is 1.43 bits per heavy atom. The van der Waals surface area contributed by atoms with Crippen LogP contribution in [0.4, 0.5) is 0 Å². The Balaban J connectivity index is 1.95. The first-order chi connectivity index (χ1) is 10.1. The molecular formula is C16H23N3O2. The minimum atomic E-state index is -0.331. The van der Waals surface area contributed by atoms with E-state index in [-0.39, 0.29) is 18.1 Å².